The van der Waals surface area contributed by atoms with Gasteiger partial charge in [0.05, 0.1) is 28.9 Å². The Bertz CT molecular complexity index is 1610. The number of carbonyl (C=O) groups is 1. The lowest BCUT2D eigenvalue weighted by Gasteiger charge is -2.18. The molecular formula is C25H23Cl2N7O3S. The number of hydrogen-bond donors (Lipinski definition) is 3. The lowest BCUT2D eigenvalue weighted by molar-refractivity contribution is 0.0532. The zero-order valence-electron chi connectivity index (χ0n) is 20.1. The van der Waals surface area contributed by atoms with Gasteiger partial charge in [0.25, 0.3) is 5.56 Å². The summed E-state index contributed by atoms with van der Waals surface area (Å²) in [7, 11) is 0. The second kappa shape index (κ2) is 10.6. The highest BCUT2D eigenvalue weighted by Gasteiger charge is 2.29. The van der Waals surface area contributed by atoms with Gasteiger partial charge in [-0.3, -0.25) is 9.80 Å². The van der Waals surface area contributed by atoms with E-state index in [4.69, 9.17) is 39.6 Å². The van der Waals surface area contributed by atoms with Crippen LogP contribution in [-0.4, -0.2) is 33.4 Å². The molecule has 5 N–H and O–H groups in total. The molecule has 1 aromatic carbocycles. The summed E-state index contributed by atoms with van der Waals surface area (Å²) in [4.78, 5) is 34.5. The Balaban J connectivity index is 1.49. The Hall–Kier alpha value is -3.64. The summed E-state index contributed by atoms with van der Waals surface area (Å²) in [5.74, 6) is 11.5. The predicted molar refractivity (Wildman–Crippen MR) is 150 cm³/mol. The average molecular weight is 572 g/mol. The van der Waals surface area contributed by atoms with E-state index in [0.717, 1.165) is 10.6 Å². The molecule has 1 aliphatic heterocycles. The first-order chi connectivity index (χ1) is 18.3. The van der Waals surface area contributed by atoms with Crippen molar-refractivity contribution in [2.45, 2.75) is 25.8 Å². The largest absolute Gasteiger partial charge is 0.462 e. The molecule has 0 aliphatic carbocycles. The van der Waals surface area contributed by atoms with Crippen LogP contribution in [0, 0.1) is 0 Å². The van der Waals surface area contributed by atoms with Crippen LogP contribution >= 0.6 is 34.5 Å². The van der Waals surface area contributed by atoms with Crippen molar-refractivity contribution in [3.8, 4) is 21.7 Å². The Kier molecular flexibility index (Phi) is 7.26. The van der Waals surface area contributed by atoms with Crippen LogP contribution in [0.3, 0.4) is 0 Å². The number of halogens is 2. The second-order valence-corrected chi connectivity index (χ2v) is 10.4. The van der Waals surface area contributed by atoms with Crippen LogP contribution in [-0.2, 0) is 11.2 Å². The monoisotopic (exact) mass is 571 g/mol. The number of benzene rings is 1. The number of anilines is 1. The number of fused-ring (bicyclic) bond motifs is 1. The zero-order chi connectivity index (χ0) is 27.0. The summed E-state index contributed by atoms with van der Waals surface area (Å²) in [6, 6.07) is 11.8. The molecule has 0 fully saturated rings. The highest BCUT2D eigenvalue weighted by molar-refractivity contribution is 7.17. The second-order valence-electron chi connectivity index (χ2n) is 8.50. The third-order valence-electron chi connectivity index (χ3n) is 6.20. The molecule has 0 bridgehead atoms. The maximum atomic E-state index is 13.4. The molecule has 0 radical (unpaired) electrons. The van der Waals surface area contributed by atoms with Gasteiger partial charge in [-0.05, 0) is 61.7 Å². The summed E-state index contributed by atoms with van der Waals surface area (Å²) in [5, 5.41) is 5.50. The number of imidazole rings is 1. The van der Waals surface area contributed by atoms with Crippen molar-refractivity contribution >= 4 is 52.5 Å². The number of aromatic nitrogens is 3. The first-order valence-electron chi connectivity index (χ1n) is 11.7. The molecule has 4 aromatic rings. The van der Waals surface area contributed by atoms with Gasteiger partial charge in [0.15, 0.2) is 5.15 Å². The molecule has 0 amide bonds. The fourth-order valence-corrected chi connectivity index (χ4v) is 5.95. The quantitative estimate of drug-likeness (QED) is 0.0968. The lowest BCUT2D eigenvalue weighted by Crippen LogP contribution is -2.30. The highest BCUT2D eigenvalue weighted by atomic mass is 35.5. The van der Waals surface area contributed by atoms with E-state index >= 15 is 0 Å². The molecule has 5 rings (SSSR count). The summed E-state index contributed by atoms with van der Waals surface area (Å²) in [5.41, 5.74) is 3.16. The number of hydrazone groups is 1. The number of nitrogens with one attached hydrogen (secondary N) is 1. The van der Waals surface area contributed by atoms with E-state index < -0.39 is 0 Å². The number of H-pyrrole nitrogens is 1. The first kappa shape index (κ1) is 26.0. The van der Waals surface area contributed by atoms with Crippen molar-refractivity contribution in [1.29, 1.82) is 0 Å². The average Bonchev–Trinajstić information content (AvgIpc) is 3.62. The maximum absolute atomic E-state index is 13.4. The van der Waals surface area contributed by atoms with Crippen molar-refractivity contribution in [2.75, 3.05) is 11.6 Å². The SMILES string of the molecule is CCOC(=O)c1ccc(-c2[nH]c(C3CCc4cc(-c5cc(Cl)ccc5N(N)/C=N\N)cc(=O)n43)nc2Cl)s1. The van der Waals surface area contributed by atoms with Crippen LogP contribution < -0.4 is 22.3 Å². The Morgan fingerprint density at radius 2 is 2.13 bits per heavy atom. The number of carbonyl (C=O) groups excluding carboxylic acids is 1. The molecule has 196 valence electrons. The highest BCUT2D eigenvalue weighted by Crippen LogP contribution is 2.38. The molecule has 1 aliphatic rings. The minimum atomic E-state index is -0.386. The number of thiophene rings is 1. The molecule has 1 atom stereocenters. The first-order valence-corrected chi connectivity index (χ1v) is 13.2. The molecule has 0 saturated heterocycles. The van der Waals surface area contributed by atoms with Crippen molar-refractivity contribution in [1.82, 2.24) is 14.5 Å². The fraction of sp³-hybridized carbons (Fsp3) is 0.200. The number of nitrogens with two attached hydrogens (primary N) is 2. The molecule has 13 heteroatoms. The third-order valence-corrected chi connectivity index (χ3v) is 7.79. The minimum Gasteiger partial charge on any atom is -0.462 e. The molecule has 3 aromatic heterocycles. The van der Waals surface area contributed by atoms with Gasteiger partial charge < -0.3 is 20.1 Å². The molecule has 0 spiro atoms. The number of aromatic amines is 1. The van der Waals surface area contributed by atoms with Crippen LogP contribution in [0.4, 0.5) is 5.69 Å². The smallest absolute Gasteiger partial charge is 0.348 e. The maximum Gasteiger partial charge on any atom is 0.348 e. The molecular weight excluding hydrogens is 549 g/mol. The normalized spacial score (nSPS) is 14.7. The number of hydrogen-bond acceptors (Lipinski definition) is 8. The van der Waals surface area contributed by atoms with Crippen molar-refractivity contribution < 1.29 is 9.53 Å². The van der Waals surface area contributed by atoms with E-state index in [-0.39, 0.29) is 22.7 Å². The zero-order valence-corrected chi connectivity index (χ0v) is 22.5. The minimum absolute atomic E-state index is 0.197. The van der Waals surface area contributed by atoms with E-state index in [2.05, 4.69) is 15.1 Å². The molecule has 38 heavy (non-hydrogen) atoms. The Labute approximate surface area is 231 Å². The van der Waals surface area contributed by atoms with Gasteiger partial charge in [0.2, 0.25) is 0 Å². The Morgan fingerprint density at radius 1 is 1.32 bits per heavy atom. The summed E-state index contributed by atoms with van der Waals surface area (Å²) in [6.45, 7) is 2.05. The number of esters is 1. The van der Waals surface area contributed by atoms with Crippen LogP contribution in [0.25, 0.3) is 21.7 Å². The number of aryl methyl sites for hydroxylation is 1. The summed E-state index contributed by atoms with van der Waals surface area (Å²) >= 11 is 14.0. The van der Waals surface area contributed by atoms with Crippen molar-refractivity contribution in [3.05, 3.63) is 79.4 Å². The number of rotatable bonds is 7. The van der Waals surface area contributed by atoms with Crippen LogP contribution in [0.15, 0.2) is 52.4 Å². The molecule has 1 unspecified atom stereocenters. The van der Waals surface area contributed by atoms with Crippen molar-refractivity contribution in [3.63, 3.8) is 0 Å². The summed E-state index contributed by atoms with van der Waals surface area (Å²) in [6.07, 6.45) is 2.58. The van der Waals surface area contributed by atoms with Gasteiger partial charge in [-0.2, -0.15) is 5.10 Å². The van der Waals surface area contributed by atoms with Gasteiger partial charge in [0, 0.05) is 22.3 Å². The topological polar surface area (TPSA) is 145 Å². The fourth-order valence-electron chi connectivity index (χ4n) is 4.58. The number of ether oxygens (including phenoxy) is 1. The van der Waals surface area contributed by atoms with Gasteiger partial charge in [-0.1, -0.05) is 23.2 Å². The molecule has 0 saturated carbocycles. The van der Waals surface area contributed by atoms with Crippen LogP contribution in [0.5, 0.6) is 0 Å². The van der Waals surface area contributed by atoms with E-state index in [9.17, 15) is 9.59 Å². The van der Waals surface area contributed by atoms with Gasteiger partial charge in [-0.15, -0.1) is 11.3 Å². The standard InChI is InChI=1S/C25H23Cl2N7O3S/c1-2-37-25(36)20-8-7-19(38-20)22-23(27)32-24(31-22)18-6-4-15-9-13(10-21(35)34(15)18)16-11-14(26)3-5-17(16)33(29)12-30-28/h3,5,7-12,18H,2,4,6,28-29H2,1H3,(H,31,32)/b30-12-. The lowest BCUT2D eigenvalue weighted by atomic mass is 10.0. The van der Waals surface area contributed by atoms with Gasteiger partial charge in [-0.25, -0.2) is 15.6 Å². The van der Waals surface area contributed by atoms with Gasteiger partial charge in [0.1, 0.15) is 17.0 Å². The van der Waals surface area contributed by atoms with Gasteiger partial charge >= 0.3 is 5.97 Å². The van der Waals surface area contributed by atoms with Crippen LogP contribution in [0.1, 0.15) is 40.6 Å². The molecule has 10 nitrogen and oxygen atoms in total. The van der Waals surface area contributed by atoms with E-state index in [1.54, 1.807) is 47.9 Å². The Morgan fingerprint density at radius 3 is 2.89 bits per heavy atom. The van der Waals surface area contributed by atoms with E-state index in [1.165, 1.54) is 22.7 Å². The van der Waals surface area contributed by atoms with E-state index in [1.807, 2.05) is 6.07 Å². The summed E-state index contributed by atoms with van der Waals surface area (Å²) < 4.78 is 6.79. The third kappa shape index (κ3) is 4.81. The predicted octanol–water partition coefficient (Wildman–Crippen LogP) is 4.57. The number of pyridine rings is 1. The molecule has 4 heterocycles. The number of nitrogens with zero attached hydrogens (tertiary/aromatic N) is 4. The number of hydrazine groups is 1. The van der Waals surface area contributed by atoms with Crippen molar-refractivity contribution in [2.24, 2.45) is 16.8 Å². The van der Waals surface area contributed by atoms with Crippen LogP contribution in [0.2, 0.25) is 10.2 Å². The van der Waals surface area contributed by atoms with E-state index in [0.29, 0.717) is 57.7 Å².